The van der Waals surface area contributed by atoms with E-state index in [1.165, 1.54) is 17.4 Å². The number of nitrogens with zero attached hydrogens (tertiary/aromatic N) is 6. The Balaban J connectivity index is 1.51. The summed E-state index contributed by atoms with van der Waals surface area (Å²) in [6.07, 6.45) is 4.66. The number of benzene rings is 2. The van der Waals surface area contributed by atoms with Crippen molar-refractivity contribution in [3.63, 3.8) is 0 Å². The van der Waals surface area contributed by atoms with Gasteiger partial charge in [-0.1, -0.05) is 18.7 Å². The number of aliphatic hydroxyl groups excluding tert-OH is 1. The quantitative estimate of drug-likeness (QED) is 0.217. The van der Waals surface area contributed by atoms with E-state index in [2.05, 4.69) is 16.8 Å². The van der Waals surface area contributed by atoms with E-state index in [0.717, 1.165) is 39.5 Å². The molecule has 0 bridgehead atoms. The Morgan fingerprint density at radius 2 is 1.93 bits per heavy atom. The molecule has 0 aliphatic carbocycles. The number of carbonyl (C=O) groups is 1. The van der Waals surface area contributed by atoms with Crippen molar-refractivity contribution < 1.29 is 23.4 Å². The minimum absolute atomic E-state index is 0.0166. The smallest absolute Gasteiger partial charge is 0.246 e. The molecule has 226 valence electrons. The van der Waals surface area contributed by atoms with E-state index < -0.39 is 11.6 Å². The standard InChI is InChI=1S/C33H26F2N6O3S/c1-3-28(43)40-17-23-13-26(39-41(23)16-18(40)2)32-30(29-25(35)11-22(34)12-27(29)44-8-7-42)33-24(6-9-45-33)31(38-32)19-4-5-20-14-36-37-15-21(20)10-19/h3-6,9-15,18,42H,1,7-8,16-17H2,2H3/t18-/m1/s1. The first kappa shape index (κ1) is 28.7. The molecule has 0 unspecified atom stereocenters. The molecule has 7 rings (SSSR count). The molecule has 12 heteroatoms. The van der Waals surface area contributed by atoms with Crippen molar-refractivity contribution in [2.45, 2.75) is 26.1 Å². The number of aromatic nitrogens is 5. The minimum atomic E-state index is -0.835. The molecule has 1 amide bonds. The third kappa shape index (κ3) is 5.01. The van der Waals surface area contributed by atoms with E-state index in [-0.39, 0.29) is 36.5 Å². The number of aliphatic hydroxyl groups is 1. The van der Waals surface area contributed by atoms with E-state index in [0.29, 0.717) is 40.4 Å². The lowest BCUT2D eigenvalue weighted by atomic mass is 9.96. The molecule has 1 N–H and O–H groups in total. The van der Waals surface area contributed by atoms with Gasteiger partial charge in [-0.15, -0.1) is 11.3 Å². The van der Waals surface area contributed by atoms with Crippen molar-refractivity contribution in [1.29, 1.82) is 0 Å². The van der Waals surface area contributed by atoms with Gasteiger partial charge in [0.15, 0.2) is 0 Å². The van der Waals surface area contributed by atoms with Crippen LogP contribution in [-0.4, -0.2) is 60.1 Å². The molecule has 0 saturated heterocycles. The molecule has 5 heterocycles. The summed E-state index contributed by atoms with van der Waals surface area (Å²) >= 11 is 1.39. The van der Waals surface area contributed by atoms with Crippen LogP contribution in [0.4, 0.5) is 8.78 Å². The van der Waals surface area contributed by atoms with Crippen LogP contribution in [0.3, 0.4) is 0 Å². The molecule has 1 aliphatic heterocycles. The number of pyridine rings is 1. The molecule has 1 atom stereocenters. The number of thiophene rings is 1. The Kier molecular flexibility index (Phi) is 7.30. The van der Waals surface area contributed by atoms with Crippen LogP contribution in [-0.2, 0) is 17.9 Å². The first-order valence-electron chi connectivity index (χ1n) is 14.2. The van der Waals surface area contributed by atoms with Crippen LogP contribution in [0.15, 0.2) is 72.9 Å². The molecule has 0 radical (unpaired) electrons. The van der Waals surface area contributed by atoms with E-state index in [1.807, 2.05) is 47.3 Å². The van der Waals surface area contributed by atoms with Gasteiger partial charge in [-0.05, 0) is 36.6 Å². The molecule has 2 aromatic carbocycles. The first-order valence-corrected chi connectivity index (χ1v) is 15.1. The predicted octanol–water partition coefficient (Wildman–Crippen LogP) is 6.00. The summed E-state index contributed by atoms with van der Waals surface area (Å²) in [5, 5.41) is 26.8. The fourth-order valence-electron chi connectivity index (χ4n) is 5.81. The molecule has 0 spiro atoms. The Morgan fingerprint density at radius 1 is 1.11 bits per heavy atom. The Labute approximate surface area is 260 Å². The third-order valence-electron chi connectivity index (χ3n) is 7.91. The topological polar surface area (TPSA) is 106 Å². The maximum absolute atomic E-state index is 15.9. The number of rotatable bonds is 7. The number of fused-ring (bicyclic) bond motifs is 3. The van der Waals surface area contributed by atoms with Crippen molar-refractivity contribution in [3.8, 4) is 39.5 Å². The van der Waals surface area contributed by atoms with Gasteiger partial charge in [0.1, 0.15) is 35.4 Å². The second-order valence-corrected chi connectivity index (χ2v) is 11.7. The molecule has 6 aromatic rings. The van der Waals surface area contributed by atoms with Crippen LogP contribution in [0.2, 0.25) is 0 Å². The van der Waals surface area contributed by atoms with Gasteiger partial charge in [0.05, 0.1) is 49.0 Å². The average Bonchev–Trinajstić information content (AvgIpc) is 3.69. The van der Waals surface area contributed by atoms with E-state index in [9.17, 15) is 14.3 Å². The average molecular weight is 625 g/mol. The van der Waals surface area contributed by atoms with Gasteiger partial charge in [-0.3, -0.25) is 9.48 Å². The number of ether oxygens (including phenoxy) is 1. The van der Waals surface area contributed by atoms with Crippen molar-refractivity contribution >= 4 is 38.1 Å². The minimum Gasteiger partial charge on any atom is -0.490 e. The highest BCUT2D eigenvalue weighted by molar-refractivity contribution is 7.18. The van der Waals surface area contributed by atoms with Crippen molar-refractivity contribution in [2.75, 3.05) is 13.2 Å². The zero-order valence-corrected chi connectivity index (χ0v) is 24.9. The van der Waals surface area contributed by atoms with Gasteiger partial charge in [-0.25, -0.2) is 13.8 Å². The lowest BCUT2D eigenvalue weighted by molar-refractivity contribution is -0.129. The number of hydrogen-bond donors (Lipinski definition) is 1. The second kappa shape index (κ2) is 11.5. The van der Waals surface area contributed by atoms with Crippen molar-refractivity contribution in [3.05, 3.63) is 90.2 Å². The Bertz CT molecular complexity index is 2130. The molecule has 45 heavy (non-hydrogen) atoms. The highest BCUT2D eigenvalue weighted by Gasteiger charge is 2.30. The van der Waals surface area contributed by atoms with Gasteiger partial charge < -0.3 is 14.7 Å². The number of amides is 1. The lowest BCUT2D eigenvalue weighted by Crippen LogP contribution is -2.44. The fraction of sp³-hybridized carbons (Fsp3) is 0.182. The fourth-order valence-corrected chi connectivity index (χ4v) is 6.76. The van der Waals surface area contributed by atoms with Gasteiger partial charge in [0.25, 0.3) is 0 Å². The zero-order valence-electron chi connectivity index (χ0n) is 24.1. The predicted molar refractivity (Wildman–Crippen MR) is 168 cm³/mol. The van der Waals surface area contributed by atoms with E-state index >= 15 is 4.39 Å². The van der Waals surface area contributed by atoms with Gasteiger partial charge >= 0.3 is 0 Å². The summed E-state index contributed by atoms with van der Waals surface area (Å²) in [7, 11) is 0. The summed E-state index contributed by atoms with van der Waals surface area (Å²) in [5.74, 6) is -1.89. The summed E-state index contributed by atoms with van der Waals surface area (Å²) < 4.78 is 38.6. The van der Waals surface area contributed by atoms with Gasteiger partial charge in [0.2, 0.25) is 5.91 Å². The zero-order chi connectivity index (χ0) is 31.2. The molecule has 0 fully saturated rings. The van der Waals surface area contributed by atoms with E-state index in [4.69, 9.17) is 14.8 Å². The number of carbonyl (C=O) groups excluding carboxylic acids is 1. The Hall–Kier alpha value is -5.07. The van der Waals surface area contributed by atoms with Gasteiger partial charge in [0, 0.05) is 50.2 Å². The molecule has 0 saturated carbocycles. The largest absolute Gasteiger partial charge is 0.490 e. The van der Waals surface area contributed by atoms with Crippen LogP contribution >= 0.6 is 11.3 Å². The maximum atomic E-state index is 15.9. The molecular weight excluding hydrogens is 598 g/mol. The SMILES string of the molecule is C=CC(=O)N1Cc2cc(-c3nc(-c4ccc5cnncc5c4)c4ccsc4c3-c3c(F)cc(F)cc3OCCO)nn2C[C@H]1C. The number of hydrogen-bond acceptors (Lipinski definition) is 8. The monoisotopic (exact) mass is 624 g/mol. The Morgan fingerprint density at radius 3 is 2.73 bits per heavy atom. The van der Waals surface area contributed by atoms with Crippen molar-refractivity contribution in [2.24, 2.45) is 0 Å². The van der Waals surface area contributed by atoms with Crippen LogP contribution in [0.1, 0.15) is 12.6 Å². The van der Waals surface area contributed by atoms with Crippen LogP contribution in [0.25, 0.3) is 54.6 Å². The summed E-state index contributed by atoms with van der Waals surface area (Å²) in [4.78, 5) is 19.4. The molecule has 1 aliphatic rings. The highest BCUT2D eigenvalue weighted by atomic mass is 32.1. The van der Waals surface area contributed by atoms with E-state index in [1.54, 1.807) is 17.3 Å². The maximum Gasteiger partial charge on any atom is 0.246 e. The third-order valence-corrected chi connectivity index (χ3v) is 8.84. The van der Waals surface area contributed by atoms with Crippen LogP contribution in [0.5, 0.6) is 5.75 Å². The molecule has 9 nitrogen and oxygen atoms in total. The van der Waals surface area contributed by atoms with Crippen LogP contribution < -0.4 is 4.74 Å². The van der Waals surface area contributed by atoms with Crippen molar-refractivity contribution in [1.82, 2.24) is 29.9 Å². The molecular formula is C33H26F2N6O3S. The second-order valence-electron chi connectivity index (χ2n) is 10.7. The summed E-state index contributed by atoms with van der Waals surface area (Å²) in [6, 6.07) is 11.4. The lowest BCUT2D eigenvalue weighted by Gasteiger charge is -2.33. The number of halogens is 2. The summed E-state index contributed by atoms with van der Waals surface area (Å²) in [6.45, 7) is 5.82. The normalized spacial score (nSPS) is 14.6. The van der Waals surface area contributed by atoms with Crippen LogP contribution in [0, 0.1) is 11.6 Å². The van der Waals surface area contributed by atoms with Gasteiger partial charge in [-0.2, -0.15) is 15.3 Å². The molecule has 4 aromatic heterocycles. The first-order chi connectivity index (χ1) is 21.9. The summed E-state index contributed by atoms with van der Waals surface area (Å²) in [5.41, 5.74) is 3.46. The highest BCUT2D eigenvalue weighted by Crippen LogP contribution is 2.47.